The van der Waals surface area contributed by atoms with Crippen LogP contribution >= 0.6 is 0 Å². The number of nitrogens with zero attached hydrogens (tertiary/aromatic N) is 2. The van der Waals surface area contributed by atoms with Crippen molar-refractivity contribution >= 4 is 17.5 Å². The molecule has 5 nitrogen and oxygen atoms in total. The van der Waals surface area contributed by atoms with E-state index in [2.05, 4.69) is 17.1 Å². The molecule has 0 radical (unpaired) electrons. The summed E-state index contributed by atoms with van der Waals surface area (Å²) < 4.78 is 0. The first-order valence-corrected chi connectivity index (χ1v) is 10.1. The first-order chi connectivity index (χ1) is 13.6. The third-order valence-corrected chi connectivity index (χ3v) is 5.93. The van der Waals surface area contributed by atoms with E-state index in [9.17, 15) is 9.59 Å². The summed E-state index contributed by atoms with van der Waals surface area (Å²) in [4.78, 5) is 30.0. The fourth-order valence-electron chi connectivity index (χ4n) is 4.35. The monoisotopic (exact) mass is 377 g/mol. The quantitative estimate of drug-likeness (QED) is 0.884. The van der Waals surface area contributed by atoms with Crippen molar-refractivity contribution in [3.63, 3.8) is 0 Å². The van der Waals surface area contributed by atoms with Crippen LogP contribution in [0, 0.1) is 6.92 Å². The fraction of sp³-hybridized carbons (Fsp3) is 0.391. The highest BCUT2D eigenvalue weighted by Gasteiger charge is 2.38. The van der Waals surface area contributed by atoms with Crippen molar-refractivity contribution in [1.82, 2.24) is 10.2 Å². The molecule has 1 fully saturated rings. The number of benzene rings is 2. The highest BCUT2D eigenvalue weighted by molar-refractivity contribution is 6.04. The number of carbonyl (C=O) groups is 2. The van der Waals surface area contributed by atoms with Crippen LogP contribution in [0.4, 0.5) is 5.69 Å². The first-order valence-electron chi connectivity index (χ1n) is 10.1. The first kappa shape index (κ1) is 18.5. The van der Waals surface area contributed by atoms with E-state index in [0.717, 1.165) is 49.2 Å². The molecule has 146 valence electrons. The van der Waals surface area contributed by atoms with Gasteiger partial charge < -0.3 is 15.1 Å². The Morgan fingerprint density at radius 3 is 2.79 bits per heavy atom. The van der Waals surface area contributed by atoms with Gasteiger partial charge in [-0.05, 0) is 62.4 Å². The largest absolute Gasteiger partial charge is 0.351 e. The van der Waals surface area contributed by atoms with Gasteiger partial charge in [-0.15, -0.1) is 0 Å². The number of anilines is 1. The average Bonchev–Trinajstić information content (AvgIpc) is 2.73. The van der Waals surface area contributed by atoms with E-state index in [1.54, 1.807) is 6.07 Å². The lowest BCUT2D eigenvalue weighted by molar-refractivity contribution is 0.0582. The van der Waals surface area contributed by atoms with E-state index in [1.807, 2.05) is 48.2 Å². The standard InChI is InChI=1S/C23H27N3O2/c1-3-25-20-14-17(22(27)24-15-18-9-5-4-8-16(18)2)11-12-19(20)23(28)26-13-7-6-10-21(25)26/h4-5,8-9,11-12,14,21H,3,6-7,10,13,15H2,1-2H3,(H,24,27). The van der Waals surface area contributed by atoms with Crippen molar-refractivity contribution in [1.29, 1.82) is 0 Å². The second-order valence-corrected chi connectivity index (χ2v) is 7.60. The minimum Gasteiger partial charge on any atom is -0.351 e. The summed E-state index contributed by atoms with van der Waals surface area (Å²) in [6.07, 6.45) is 3.30. The molecule has 4 rings (SSSR count). The molecule has 1 saturated heterocycles. The van der Waals surface area contributed by atoms with Gasteiger partial charge in [-0.25, -0.2) is 0 Å². The maximum Gasteiger partial charge on any atom is 0.257 e. The SMILES string of the molecule is CCN1c2cc(C(=O)NCc3ccccc3C)ccc2C(=O)N2CCCCC21. The summed E-state index contributed by atoms with van der Waals surface area (Å²) in [5, 5.41) is 3.01. The molecular formula is C23H27N3O2. The Labute approximate surface area is 166 Å². The highest BCUT2D eigenvalue weighted by Crippen LogP contribution is 2.35. The third kappa shape index (κ3) is 3.26. The molecule has 0 saturated carbocycles. The number of aryl methyl sites for hydroxylation is 1. The Morgan fingerprint density at radius 1 is 1.18 bits per heavy atom. The van der Waals surface area contributed by atoms with Gasteiger partial charge in [0.15, 0.2) is 0 Å². The molecule has 5 heteroatoms. The van der Waals surface area contributed by atoms with E-state index < -0.39 is 0 Å². The minimum atomic E-state index is -0.111. The number of amides is 2. The van der Waals surface area contributed by atoms with Gasteiger partial charge in [-0.1, -0.05) is 24.3 Å². The molecule has 0 spiro atoms. The van der Waals surface area contributed by atoms with Gasteiger partial charge in [0.1, 0.15) is 6.17 Å². The van der Waals surface area contributed by atoms with Gasteiger partial charge in [0.2, 0.25) is 0 Å². The van der Waals surface area contributed by atoms with Gasteiger partial charge >= 0.3 is 0 Å². The molecule has 2 heterocycles. The lowest BCUT2D eigenvalue weighted by Gasteiger charge is -2.47. The van der Waals surface area contributed by atoms with E-state index in [1.165, 1.54) is 0 Å². The summed E-state index contributed by atoms with van der Waals surface area (Å²) in [5.74, 6) is -0.0168. The molecule has 2 aliphatic heterocycles. The molecule has 2 aliphatic rings. The summed E-state index contributed by atoms with van der Waals surface area (Å²) in [7, 11) is 0. The zero-order chi connectivity index (χ0) is 19.7. The van der Waals surface area contributed by atoms with Crippen molar-refractivity contribution < 1.29 is 9.59 Å². The second kappa shape index (κ2) is 7.66. The predicted molar refractivity (Wildman–Crippen MR) is 110 cm³/mol. The normalized spacial score (nSPS) is 18.5. The number of hydrogen-bond donors (Lipinski definition) is 1. The van der Waals surface area contributed by atoms with Gasteiger partial charge in [0, 0.05) is 25.2 Å². The minimum absolute atomic E-state index is 0.0938. The maximum absolute atomic E-state index is 12.9. The van der Waals surface area contributed by atoms with Gasteiger partial charge in [-0.2, -0.15) is 0 Å². The van der Waals surface area contributed by atoms with Gasteiger partial charge in [0.25, 0.3) is 11.8 Å². The number of nitrogens with one attached hydrogen (secondary N) is 1. The zero-order valence-corrected chi connectivity index (χ0v) is 16.6. The molecular weight excluding hydrogens is 350 g/mol. The Balaban J connectivity index is 1.58. The number of piperidine rings is 1. The number of carbonyl (C=O) groups excluding carboxylic acids is 2. The maximum atomic E-state index is 12.9. The molecule has 0 aliphatic carbocycles. The fourth-order valence-corrected chi connectivity index (χ4v) is 4.35. The van der Waals surface area contributed by atoms with Crippen LogP contribution in [0.2, 0.25) is 0 Å². The Bertz CT molecular complexity index is 908. The van der Waals surface area contributed by atoms with E-state index in [4.69, 9.17) is 0 Å². The molecule has 0 aromatic heterocycles. The van der Waals surface area contributed by atoms with Crippen molar-refractivity contribution in [3.8, 4) is 0 Å². The summed E-state index contributed by atoms with van der Waals surface area (Å²) in [5.41, 5.74) is 4.46. The topological polar surface area (TPSA) is 52.7 Å². The second-order valence-electron chi connectivity index (χ2n) is 7.60. The van der Waals surface area contributed by atoms with Crippen LogP contribution in [-0.2, 0) is 6.54 Å². The summed E-state index contributed by atoms with van der Waals surface area (Å²) >= 11 is 0. The van der Waals surface area contributed by atoms with Crippen LogP contribution in [0.3, 0.4) is 0 Å². The smallest absolute Gasteiger partial charge is 0.257 e. The van der Waals surface area contributed by atoms with E-state index in [-0.39, 0.29) is 18.0 Å². The lowest BCUT2D eigenvalue weighted by Crippen LogP contribution is -2.57. The third-order valence-electron chi connectivity index (χ3n) is 5.93. The molecule has 1 unspecified atom stereocenters. The van der Waals surface area contributed by atoms with Crippen LogP contribution in [0.15, 0.2) is 42.5 Å². The predicted octanol–water partition coefficient (Wildman–Crippen LogP) is 3.72. The number of hydrogen-bond acceptors (Lipinski definition) is 3. The van der Waals surface area contributed by atoms with Crippen LogP contribution in [0.5, 0.6) is 0 Å². The van der Waals surface area contributed by atoms with Crippen LogP contribution in [-0.4, -0.2) is 36.0 Å². The van der Waals surface area contributed by atoms with Crippen molar-refractivity contribution in [2.75, 3.05) is 18.0 Å². The highest BCUT2D eigenvalue weighted by atomic mass is 16.2. The Kier molecular flexibility index (Phi) is 5.07. The van der Waals surface area contributed by atoms with Crippen LogP contribution in [0.25, 0.3) is 0 Å². The van der Waals surface area contributed by atoms with E-state index >= 15 is 0 Å². The molecule has 28 heavy (non-hydrogen) atoms. The molecule has 2 amide bonds. The number of rotatable bonds is 4. The average molecular weight is 377 g/mol. The molecule has 1 atom stereocenters. The molecule has 1 N–H and O–H groups in total. The van der Waals surface area contributed by atoms with Gasteiger partial charge in [0.05, 0.1) is 11.3 Å². The summed E-state index contributed by atoms with van der Waals surface area (Å²) in [6, 6.07) is 13.5. The molecule has 0 bridgehead atoms. The summed E-state index contributed by atoms with van der Waals surface area (Å²) in [6.45, 7) is 6.28. The number of fused-ring (bicyclic) bond motifs is 2. The van der Waals surface area contributed by atoms with Crippen molar-refractivity contribution in [2.24, 2.45) is 0 Å². The Morgan fingerprint density at radius 2 is 2.00 bits per heavy atom. The zero-order valence-electron chi connectivity index (χ0n) is 16.6. The van der Waals surface area contributed by atoms with E-state index in [0.29, 0.717) is 17.7 Å². The van der Waals surface area contributed by atoms with Crippen molar-refractivity contribution in [2.45, 2.75) is 45.8 Å². The van der Waals surface area contributed by atoms with Gasteiger partial charge in [-0.3, -0.25) is 9.59 Å². The lowest BCUT2D eigenvalue weighted by atomic mass is 9.97. The van der Waals surface area contributed by atoms with Crippen molar-refractivity contribution in [3.05, 3.63) is 64.7 Å². The Hall–Kier alpha value is -2.82. The van der Waals surface area contributed by atoms with Crippen LogP contribution in [0.1, 0.15) is 58.0 Å². The molecule has 2 aromatic carbocycles. The van der Waals surface area contributed by atoms with Crippen LogP contribution < -0.4 is 10.2 Å². The molecule has 2 aromatic rings.